The number of Topliss-reactive ketones (excluding diaryl/α,β-unsaturated/α-hetero) is 1. The van der Waals surface area contributed by atoms with Gasteiger partial charge in [0.05, 0.1) is 16.7 Å². The minimum atomic E-state index is -4.99. The minimum Gasteiger partial charge on any atom is -0.478 e. The molecule has 1 N–H and O–H groups in total. The molecule has 0 aromatic heterocycles. The molecule has 4 rings (SSSR count). The van der Waals surface area contributed by atoms with Crippen molar-refractivity contribution in [3.63, 3.8) is 0 Å². The molecule has 186 valence electrons. The van der Waals surface area contributed by atoms with Crippen LogP contribution < -0.4 is 0 Å². The standard InChI is InChI=1S/C26H16F6O4/c27-25(28,29)19-8-13(9-20(12-19)26(30,31)32)7-18-11-17-10-16(5-6-21(17)23(18)34)22(33)14-1-3-15(4-2-14)24(35)36/h1-6,8-10,12,18H,7,11H2,(H,35,36). The Labute approximate surface area is 200 Å². The Balaban J connectivity index is 1.59. The van der Waals surface area contributed by atoms with Crippen molar-refractivity contribution in [2.24, 2.45) is 5.92 Å². The van der Waals surface area contributed by atoms with E-state index in [1.54, 1.807) is 0 Å². The first-order chi connectivity index (χ1) is 16.7. The van der Waals surface area contributed by atoms with Crippen molar-refractivity contribution in [1.29, 1.82) is 0 Å². The van der Waals surface area contributed by atoms with E-state index >= 15 is 0 Å². The molecule has 3 aromatic rings. The Hall–Kier alpha value is -3.95. The fourth-order valence-corrected chi connectivity index (χ4v) is 4.24. The van der Waals surface area contributed by atoms with Gasteiger partial charge in [-0.25, -0.2) is 4.79 Å². The zero-order chi connectivity index (χ0) is 26.4. The van der Waals surface area contributed by atoms with Gasteiger partial charge in [0, 0.05) is 22.6 Å². The third-order valence-electron chi connectivity index (χ3n) is 5.99. The number of rotatable bonds is 5. The molecule has 3 aromatic carbocycles. The summed E-state index contributed by atoms with van der Waals surface area (Å²) in [5, 5.41) is 8.97. The highest BCUT2D eigenvalue weighted by atomic mass is 19.4. The highest BCUT2D eigenvalue weighted by Crippen LogP contribution is 2.38. The molecule has 1 atom stereocenters. The van der Waals surface area contributed by atoms with Gasteiger partial charge in [-0.1, -0.05) is 24.3 Å². The van der Waals surface area contributed by atoms with Crippen LogP contribution in [0.1, 0.15) is 58.9 Å². The Kier molecular flexibility index (Phi) is 6.24. The lowest BCUT2D eigenvalue weighted by molar-refractivity contribution is -0.143. The topological polar surface area (TPSA) is 71.4 Å². The number of ketones is 2. The quantitative estimate of drug-likeness (QED) is 0.328. The summed E-state index contributed by atoms with van der Waals surface area (Å²) in [5.74, 6) is -2.90. The van der Waals surface area contributed by atoms with Crippen LogP contribution in [0.4, 0.5) is 26.3 Å². The average molecular weight is 506 g/mol. The predicted octanol–water partition coefficient (Wildman–Crippen LogP) is 6.25. The highest BCUT2D eigenvalue weighted by molar-refractivity contribution is 6.10. The average Bonchev–Trinajstić information content (AvgIpc) is 3.11. The first-order valence-electron chi connectivity index (χ1n) is 10.6. The van der Waals surface area contributed by atoms with E-state index in [0.29, 0.717) is 17.7 Å². The van der Waals surface area contributed by atoms with E-state index in [-0.39, 0.29) is 46.7 Å². The number of carboxylic acids is 1. The zero-order valence-corrected chi connectivity index (χ0v) is 18.2. The van der Waals surface area contributed by atoms with Gasteiger partial charge in [-0.05, 0) is 60.4 Å². The molecule has 0 radical (unpaired) electrons. The molecule has 0 saturated heterocycles. The molecule has 0 saturated carbocycles. The zero-order valence-electron chi connectivity index (χ0n) is 18.2. The summed E-state index contributed by atoms with van der Waals surface area (Å²) in [5.41, 5.74) is -2.03. The molecule has 0 heterocycles. The van der Waals surface area contributed by atoms with Gasteiger partial charge in [0.15, 0.2) is 11.6 Å². The van der Waals surface area contributed by atoms with Crippen LogP contribution in [0.25, 0.3) is 0 Å². The number of fused-ring (bicyclic) bond motifs is 1. The van der Waals surface area contributed by atoms with Crippen LogP contribution in [0.5, 0.6) is 0 Å². The Morgan fingerprint density at radius 3 is 1.83 bits per heavy atom. The summed E-state index contributed by atoms with van der Waals surface area (Å²) in [6.07, 6.45) is -10.3. The number of carbonyl (C=O) groups is 3. The molecule has 0 amide bonds. The van der Waals surface area contributed by atoms with Gasteiger partial charge >= 0.3 is 18.3 Å². The molecule has 1 aliphatic rings. The van der Waals surface area contributed by atoms with Crippen molar-refractivity contribution < 1.29 is 45.8 Å². The van der Waals surface area contributed by atoms with Crippen LogP contribution >= 0.6 is 0 Å². The van der Waals surface area contributed by atoms with Crippen LogP contribution in [0.2, 0.25) is 0 Å². The van der Waals surface area contributed by atoms with E-state index < -0.39 is 46.9 Å². The summed E-state index contributed by atoms with van der Waals surface area (Å²) in [4.78, 5) is 36.6. The summed E-state index contributed by atoms with van der Waals surface area (Å²) in [7, 11) is 0. The lowest BCUT2D eigenvalue weighted by Gasteiger charge is -2.15. The van der Waals surface area contributed by atoms with E-state index in [0.717, 1.165) is 0 Å². The highest BCUT2D eigenvalue weighted by Gasteiger charge is 2.38. The fourth-order valence-electron chi connectivity index (χ4n) is 4.24. The molecule has 0 fully saturated rings. The number of carboxylic acid groups (broad SMARTS) is 1. The number of hydrogen-bond acceptors (Lipinski definition) is 3. The second-order valence-corrected chi connectivity index (χ2v) is 8.47. The van der Waals surface area contributed by atoms with Gasteiger partial charge < -0.3 is 5.11 Å². The molecule has 36 heavy (non-hydrogen) atoms. The van der Waals surface area contributed by atoms with Crippen molar-refractivity contribution in [3.8, 4) is 0 Å². The van der Waals surface area contributed by atoms with Gasteiger partial charge in [0.2, 0.25) is 0 Å². The summed E-state index contributed by atoms with van der Waals surface area (Å²) >= 11 is 0. The SMILES string of the molecule is O=C(O)c1ccc(C(=O)c2ccc3c(c2)CC(Cc2cc(C(F)(F)F)cc(C(F)(F)F)c2)C3=O)cc1. The number of halogens is 6. The third-order valence-corrected chi connectivity index (χ3v) is 5.99. The number of alkyl halides is 6. The molecule has 0 bridgehead atoms. The summed E-state index contributed by atoms with van der Waals surface area (Å²) in [6, 6.07) is 10.8. The molecular weight excluding hydrogens is 490 g/mol. The van der Waals surface area contributed by atoms with Gasteiger partial charge in [-0.2, -0.15) is 26.3 Å². The molecule has 0 spiro atoms. The number of carbonyl (C=O) groups excluding carboxylic acids is 2. The van der Waals surface area contributed by atoms with E-state index in [2.05, 4.69) is 0 Å². The Morgan fingerprint density at radius 2 is 1.31 bits per heavy atom. The molecular formula is C26H16F6O4. The Morgan fingerprint density at radius 1 is 0.778 bits per heavy atom. The number of hydrogen-bond donors (Lipinski definition) is 1. The van der Waals surface area contributed by atoms with E-state index in [1.807, 2.05) is 0 Å². The van der Waals surface area contributed by atoms with E-state index in [4.69, 9.17) is 5.11 Å². The van der Waals surface area contributed by atoms with E-state index in [1.165, 1.54) is 42.5 Å². The van der Waals surface area contributed by atoms with Crippen molar-refractivity contribution >= 4 is 17.5 Å². The van der Waals surface area contributed by atoms with Gasteiger partial charge in [-0.15, -0.1) is 0 Å². The maximum Gasteiger partial charge on any atom is 0.416 e. The minimum absolute atomic E-state index is 0.00258. The molecule has 4 nitrogen and oxygen atoms in total. The summed E-state index contributed by atoms with van der Waals surface area (Å²) < 4.78 is 79.0. The van der Waals surface area contributed by atoms with Crippen LogP contribution in [-0.2, 0) is 25.2 Å². The molecule has 10 heteroatoms. The van der Waals surface area contributed by atoms with Crippen molar-refractivity contribution in [3.05, 3.63) is 105 Å². The van der Waals surface area contributed by atoms with Crippen LogP contribution in [0.15, 0.2) is 60.7 Å². The fraction of sp³-hybridized carbons (Fsp3) is 0.192. The van der Waals surface area contributed by atoms with Gasteiger partial charge in [0.1, 0.15) is 0 Å². The van der Waals surface area contributed by atoms with Crippen LogP contribution in [0, 0.1) is 5.92 Å². The van der Waals surface area contributed by atoms with Crippen LogP contribution in [-0.4, -0.2) is 22.6 Å². The number of benzene rings is 3. The van der Waals surface area contributed by atoms with Crippen molar-refractivity contribution in [2.75, 3.05) is 0 Å². The normalized spacial score (nSPS) is 15.6. The smallest absolute Gasteiger partial charge is 0.416 e. The lowest BCUT2D eigenvalue weighted by Crippen LogP contribution is -2.15. The first-order valence-corrected chi connectivity index (χ1v) is 10.6. The van der Waals surface area contributed by atoms with Gasteiger partial charge in [0.25, 0.3) is 0 Å². The molecule has 1 unspecified atom stereocenters. The lowest BCUT2D eigenvalue weighted by atomic mass is 9.93. The largest absolute Gasteiger partial charge is 0.478 e. The number of aromatic carboxylic acids is 1. The second-order valence-electron chi connectivity index (χ2n) is 8.47. The van der Waals surface area contributed by atoms with Crippen LogP contribution in [0.3, 0.4) is 0 Å². The van der Waals surface area contributed by atoms with Crippen molar-refractivity contribution in [1.82, 2.24) is 0 Å². The summed E-state index contributed by atoms with van der Waals surface area (Å²) in [6.45, 7) is 0. The van der Waals surface area contributed by atoms with Crippen molar-refractivity contribution in [2.45, 2.75) is 25.2 Å². The maximum atomic E-state index is 13.2. The van der Waals surface area contributed by atoms with Gasteiger partial charge in [-0.3, -0.25) is 9.59 Å². The third kappa shape index (κ3) is 5.02. The van der Waals surface area contributed by atoms with E-state index in [9.17, 15) is 40.7 Å². The monoisotopic (exact) mass is 506 g/mol. The maximum absolute atomic E-state index is 13.2. The molecule has 0 aliphatic heterocycles. The molecule has 1 aliphatic carbocycles. The Bertz CT molecular complexity index is 1340. The second kappa shape index (κ2) is 8.92. The predicted molar refractivity (Wildman–Crippen MR) is 115 cm³/mol. The first kappa shape index (κ1) is 25.2.